The van der Waals surface area contributed by atoms with Gasteiger partial charge in [0.25, 0.3) is 0 Å². The van der Waals surface area contributed by atoms with Crippen molar-refractivity contribution in [1.82, 2.24) is 9.97 Å². The van der Waals surface area contributed by atoms with Gasteiger partial charge in [-0.1, -0.05) is 36.4 Å². The number of rotatable bonds is 6. The maximum Gasteiger partial charge on any atom is 0.343 e. The van der Waals surface area contributed by atoms with Gasteiger partial charge in [0.15, 0.2) is 0 Å². The van der Waals surface area contributed by atoms with Gasteiger partial charge in [-0.3, -0.25) is 9.97 Å². The molecular weight excluding hydrogens is 316 g/mol. The first-order valence-corrected chi connectivity index (χ1v) is 8.04. The average molecular weight is 334 g/mol. The fourth-order valence-electron chi connectivity index (χ4n) is 2.40. The van der Waals surface area contributed by atoms with Crippen molar-refractivity contribution in [3.05, 3.63) is 72.2 Å². The third-order valence-corrected chi connectivity index (χ3v) is 3.55. The van der Waals surface area contributed by atoms with Crippen molar-refractivity contribution >= 4 is 22.9 Å². The Morgan fingerprint density at radius 2 is 2.00 bits per heavy atom. The van der Waals surface area contributed by atoms with Gasteiger partial charge < -0.3 is 9.47 Å². The summed E-state index contributed by atoms with van der Waals surface area (Å²) in [6.07, 6.45) is 8.63. The zero-order valence-corrected chi connectivity index (χ0v) is 13.9. The molecule has 0 amide bonds. The second-order valence-corrected chi connectivity index (χ2v) is 5.24. The van der Waals surface area contributed by atoms with Crippen molar-refractivity contribution in [2.45, 2.75) is 6.92 Å². The highest BCUT2D eigenvalue weighted by molar-refractivity contribution is 5.99. The predicted molar refractivity (Wildman–Crippen MR) is 96.5 cm³/mol. The van der Waals surface area contributed by atoms with Gasteiger partial charge >= 0.3 is 5.97 Å². The van der Waals surface area contributed by atoms with E-state index in [4.69, 9.17) is 9.47 Å². The summed E-state index contributed by atoms with van der Waals surface area (Å²) in [5, 5.41) is 0.682. The second kappa shape index (κ2) is 8.06. The normalized spacial score (nSPS) is 10.9. The number of carbonyl (C=O) groups excluding carboxylic acids is 1. The molecule has 25 heavy (non-hydrogen) atoms. The Labute approximate surface area is 145 Å². The van der Waals surface area contributed by atoms with Crippen molar-refractivity contribution in [3.63, 3.8) is 0 Å². The quantitative estimate of drug-likeness (QED) is 0.640. The highest BCUT2D eigenvalue weighted by Crippen LogP contribution is 2.28. The summed E-state index contributed by atoms with van der Waals surface area (Å²) >= 11 is 0. The summed E-state index contributed by atoms with van der Waals surface area (Å²) in [6.45, 7) is 2.36. The first-order valence-electron chi connectivity index (χ1n) is 8.04. The second-order valence-electron chi connectivity index (χ2n) is 5.24. The lowest BCUT2D eigenvalue weighted by atomic mass is 10.1. The number of carbonyl (C=O) groups is 1. The van der Waals surface area contributed by atoms with Gasteiger partial charge in [0.05, 0.1) is 17.5 Å². The zero-order valence-electron chi connectivity index (χ0n) is 13.9. The summed E-state index contributed by atoms with van der Waals surface area (Å²) < 4.78 is 11.0. The van der Waals surface area contributed by atoms with Crippen LogP contribution in [-0.2, 0) is 4.74 Å². The van der Waals surface area contributed by atoms with Crippen molar-refractivity contribution in [3.8, 4) is 5.75 Å². The van der Waals surface area contributed by atoms with Crippen LogP contribution in [0, 0.1) is 0 Å². The molecule has 0 aliphatic rings. The number of hydrogen-bond acceptors (Lipinski definition) is 5. The topological polar surface area (TPSA) is 61.3 Å². The number of aromatic nitrogens is 2. The van der Waals surface area contributed by atoms with Gasteiger partial charge in [-0.15, -0.1) is 0 Å². The highest BCUT2D eigenvalue weighted by atomic mass is 16.5. The summed E-state index contributed by atoms with van der Waals surface area (Å²) in [5.41, 5.74) is 2.10. The monoisotopic (exact) mass is 334 g/mol. The Balaban J connectivity index is 1.86. The molecule has 0 aliphatic carbocycles. The molecule has 5 nitrogen and oxygen atoms in total. The Kier molecular flexibility index (Phi) is 5.36. The van der Waals surface area contributed by atoms with Crippen LogP contribution in [0.15, 0.2) is 61.1 Å². The van der Waals surface area contributed by atoms with Gasteiger partial charge in [0, 0.05) is 18.6 Å². The molecule has 126 valence electrons. The summed E-state index contributed by atoms with van der Waals surface area (Å²) in [6, 6.07) is 11.7. The maximum absolute atomic E-state index is 12.2. The van der Waals surface area contributed by atoms with Crippen LogP contribution in [0.4, 0.5) is 0 Å². The number of benzene rings is 1. The fourth-order valence-corrected chi connectivity index (χ4v) is 2.40. The van der Waals surface area contributed by atoms with E-state index in [0.29, 0.717) is 28.8 Å². The average Bonchev–Trinajstić information content (AvgIpc) is 2.66. The molecule has 1 aromatic carbocycles. The molecule has 0 unspecified atom stereocenters. The van der Waals surface area contributed by atoms with E-state index in [0.717, 1.165) is 5.56 Å². The number of hydrogen-bond donors (Lipinski definition) is 0. The van der Waals surface area contributed by atoms with E-state index in [-0.39, 0.29) is 6.61 Å². The van der Waals surface area contributed by atoms with E-state index in [2.05, 4.69) is 9.97 Å². The third-order valence-electron chi connectivity index (χ3n) is 3.55. The Bertz CT molecular complexity index is 892. The molecular formula is C20H18N2O3. The molecule has 2 aromatic heterocycles. The molecule has 0 saturated heterocycles. The first kappa shape index (κ1) is 16.6. The molecule has 3 aromatic rings. The van der Waals surface area contributed by atoms with E-state index < -0.39 is 5.97 Å². The molecule has 5 heteroatoms. The van der Waals surface area contributed by atoms with Crippen molar-refractivity contribution in [2.24, 2.45) is 0 Å². The zero-order chi connectivity index (χ0) is 17.5. The molecule has 2 heterocycles. The fraction of sp³-hybridized carbons (Fsp3) is 0.150. The Hall–Kier alpha value is -3.21. The van der Waals surface area contributed by atoms with Gasteiger partial charge in [-0.2, -0.15) is 0 Å². The van der Waals surface area contributed by atoms with E-state index in [1.54, 1.807) is 25.4 Å². The van der Waals surface area contributed by atoms with Crippen molar-refractivity contribution in [2.75, 3.05) is 13.2 Å². The lowest BCUT2D eigenvalue weighted by Gasteiger charge is -2.11. The van der Waals surface area contributed by atoms with Crippen molar-refractivity contribution in [1.29, 1.82) is 0 Å². The SMILES string of the molecule is CCOC(=O)c1cnc2ccncc2c1OCC=Cc1ccccc1. The lowest BCUT2D eigenvalue weighted by Crippen LogP contribution is -2.09. The first-order chi connectivity index (χ1) is 12.3. The van der Waals surface area contributed by atoms with Crippen LogP contribution in [0.3, 0.4) is 0 Å². The molecule has 0 radical (unpaired) electrons. The lowest BCUT2D eigenvalue weighted by molar-refractivity contribution is 0.0522. The predicted octanol–water partition coefficient (Wildman–Crippen LogP) is 3.90. The van der Waals surface area contributed by atoms with E-state index in [1.165, 1.54) is 6.20 Å². The van der Waals surface area contributed by atoms with Gasteiger partial charge in [0.1, 0.15) is 17.9 Å². The number of pyridine rings is 2. The van der Waals surface area contributed by atoms with Gasteiger partial charge in [-0.05, 0) is 24.6 Å². The van der Waals surface area contributed by atoms with Crippen LogP contribution >= 0.6 is 0 Å². The standard InChI is InChI=1S/C20H18N2O3/c1-2-24-20(23)17-14-22-18-10-11-21-13-16(18)19(17)25-12-6-9-15-7-4-3-5-8-15/h3-11,13-14H,2,12H2,1H3. The van der Waals surface area contributed by atoms with Gasteiger partial charge in [-0.25, -0.2) is 4.79 Å². The minimum absolute atomic E-state index is 0.289. The van der Waals surface area contributed by atoms with Crippen LogP contribution in [0.2, 0.25) is 0 Å². The van der Waals surface area contributed by atoms with Crippen LogP contribution in [-0.4, -0.2) is 29.2 Å². The molecule has 0 bridgehead atoms. The molecule has 0 spiro atoms. The van der Waals surface area contributed by atoms with Crippen LogP contribution in [0.5, 0.6) is 5.75 Å². The molecule has 0 atom stereocenters. The van der Waals surface area contributed by atoms with E-state index in [1.807, 2.05) is 42.5 Å². The number of ether oxygens (including phenoxy) is 2. The van der Waals surface area contributed by atoms with E-state index >= 15 is 0 Å². The van der Waals surface area contributed by atoms with E-state index in [9.17, 15) is 4.79 Å². The molecule has 0 aliphatic heterocycles. The Morgan fingerprint density at radius 3 is 2.80 bits per heavy atom. The Morgan fingerprint density at radius 1 is 1.16 bits per heavy atom. The summed E-state index contributed by atoms with van der Waals surface area (Å²) in [5.74, 6) is -0.0166. The largest absolute Gasteiger partial charge is 0.488 e. The smallest absolute Gasteiger partial charge is 0.343 e. The number of fused-ring (bicyclic) bond motifs is 1. The highest BCUT2D eigenvalue weighted by Gasteiger charge is 2.17. The van der Waals surface area contributed by atoms with Gasteiger partial charge in [0.2, 0.25) is 0 Å². The molecule has 0 saturated carbocycles. The molecule has 0 N–H and O–H groups in total. The van der Waals surface area contributed by atoms with Crippen LogP contribution in [0.25, 0.3) is 17.0 Å². The minimum atomic E-state index is -0.456. The number of nitrogens with zero attached hydrogens (tertiary/aromatic N) is 2. The number of esters is 1. The summed E-state index contributed by atoms with van der Waals surface area (Å²) in [7, 11) is 0. The van der Waals surface area contributed by atoms with Crippen LogP contribution < -0.4 is 4.74 Å². The maximum atomic E-state index is 12.2. The molecule has 3 rings (SSSR count). The molecule has 0 fully saturated rings. The van der Waals surface area contributed by atoms with Crippen molar-refractivity contribution < 1.29 is 14.3 Å². The third kappa shape index (κ3) is 4.01. The summed E-state index contributed by atoms with van der Waals surface area (Å²) in [4.78, 5) is 20.6. The minimum Gasteiger partial charge on any atom is -0.488 e. The van der Waals surface area contributed by atoms with Crippen LogP contribution in [0.1, 0.15) is 22.8 Å².